The molecule has 2 aromatic heterocycles. The Morgan fingerprint density at radius 1 is 0.848 bits per heavy atom. The van der Waals surface area contributed by atoms with Gasteiger partial charge in [0.25, 0.3) is 0 Å². The first-order chi connectivity index (χ1) is 21.9. The number of hydrogen-bond acceptors (Lipinski definition) is 8. The summed E-state index contributed by atoms with van der Waals surface area (Å²) in [6.45, 7) is 9.19. The number of ether oxygens (including phenoxy) is 1. The largest absolute Gasteiger partial charge is 0.444 e. The molecule has 2 heterocycles. The molecule has 2 atom stereocenters. The van der Waals surface area contributed by atoms with Crippen LogP contribution in [0.1, 0.15) is 86.7 Å². The molecule has 10 nitrogen and oxygen atoms in total. The molecule has 0 aliphatic carbocycles. The van der Waals surface area contributed by atoms with Gasteiger partial charge in [-0.05, 0) is 82.2 Å². The number of amides is 3. The number of hydrogen-bond donors (Lipinski definition) is 3. The summed E-state index contributed by atoms with van der Waals surface area (Å²) in [5, 5.41) is 18.3. The van der Waals surface area contributed by atoms with E-state index >= 15 is 0 Å². The Morgan fingerprint density at radius 3 is 2.30 bits per heavy atom. The molecule has 3 amide bonds. The lowest BCUT2D eigenvalue weighted by Crippen LogP contribution is -2.34. The van der Waals surface area contributed by atoms with Crippen molar-refractivity contribution in [2.24, 2.45) is 0 Å². The maximum atomic E-state index is 12.7. The van der Waals surface area contributed by atoms with Crippen molar-refractivity contribution in [3.63, 3.8) is 0 Å². The Kier molecular flexibility index (Phi) is 12.0. The van der Waals surface area contributed by atoms with E-state index in [0.29, 0.717) is 10.9 Å². The number of aryl methyl sites for hydroxylation is 2. The Balaban J connectivity index is 1.17. The van der Waals surface area contributed by atoms with E-state index in [2.05, 4.69) is 31.1 Å². The molecule has 0 saturated heterocycles. The molecule has 0 spiro atoms. The van der Waals surface area contributed by atoms with Crippen LogP contribution in [-0.4, -0.2) is 38.7 Å². The maximum Gasteiger partial charge on any atom is 0.408 e. The van der Waals surface area contributed by atoms with E-state index in [4.69, 9.17) is 4.74 Å². The summed E-state index contributed by atoms with van der Waals surface area (Å²) in [5.74, 6) is -0.0548. The highest BCUT2D eigenvalue weighted by Crippen LogP contribution is 2.22. The zero-order valence-electron chi connectivity index (χ0n) is 27.0. The van der Waals surface area contributed by atoms with Gasteiger partial charge >= 0.3 is 6.09 Å². The fraction of sp³-hybridized carbons (Fsp3) is 0.371. The zero-order chi connectivity index (χ0) is 33.1. The summed E-state index contributed by atoms with van der Waals surface area (Å²) < 4.78 is 5.34. The van der Waals surface area contributed by atoms with Gasteiger partial charge in [-0.3, -0.25) is 9.59 Å². The highest BCUT2D eigenvalue weighted by Gasteiger charge is 2.19. The molecule has 4 rings (SSSR count). The number of carbonyl (C=O) groups excluding carboxylic acids is 3. The number of pyridine rings is 1. The number of carbonyl (C=O) groups is 3. The molecule has 242 valence electrons. The molecule has 0 aliphatic heterocycles. The van der Waals surface area contributed by atoms with Crippen LogP contribution in [0.4, 0.5) is 15.7 Å². The second-order valence-corrected chi connectivity index (χ2v) is 13.3. The number of alkyl carbamates (subject to hydrolysis) is 1. The Morgan fingerprint density at radius 2 is 1.59 bits per heavy atom. The van der Waals surface area contributed by atoms with Crippen LogP contribution in [0.2, 0.25) is 0 Å². The van der Waals surface area contributed by atoms with E-state index in [1.54, 1.807) is 6.20 Å². The summed E-state index contributed by atoms with van der Waals surface area (Å²) >= 11 is 1.41. The Bertz CT molecular complexity index is 1600. The predicted octanol–water partition coefficient (Wildman–Crippen LogP) is 7.01. The topological polar surface area (TPSA) is 135 Å². The number of aromatic nitrogens is 3. The third kappa shape index (κ3) is 11.1. The molecule has 11 heteroatoms. The Labute approximate surface area is 274 Å². The summed E-state index contributed by atoms with van der Waals surface area (Å²) in [5.41, 5.74) is 3.17. The smallest absolute Gasteiger partial charge is 0.408 e. The van der Waals surface area contributed by atoms with Crippen molar-refractivity contribution in [2.45, 2.75) is 84.3 Å². The van der Waals surface area contributed by atoms with Gasteiger partial charge in [0, 0.05) is 12.6 Å². The van der Waals surface area contributed by atoms with Gasteiger partial charge in [0.1, 0.15) is 16.4 Å². The minimum absolute atomic E-state index is 0.102. The molecule has 0 fully saturated rings. The first kappa shape index (κ1) is 34.2. The van der Waals surface area contributed by atoms with Crippen molar-refractivity contribution >= 4 is 40.2 Å². The molecule has 46 heavy (non-hydrogen) atoms. The van der Waals surface area contributed by atoms with Crippen molar-refractivity contribution in [3.05, 3.63) is 100 Å². The number of nitrogens with one attached hydrogen (secondary N) is 3. The van der Waals surface area contributed by atoms with Gasteiger partial charge in [-0.25, -0.2) is 9.78 Å². The number of rotatable bonds is 13. The van der Waals surface area contributed by atoms with Crippen LogP contribution in [0.5, 0.6) is 0 Å². The third-order valence-corrected chi connectivity index (χ3v) is 8.04. The van der Waals surface area contributed by atoms with Crippen LogP contribution in [0, 0.1) is 0 Å². The van der Waals surface area contributed by atoms with E-state index in [1.165, 1.54) is 11.3 Å². The normalized spacial score (nSPS) is 12.5. The molecule has 0 saturated carbocycles. The fourth-order valence-corrected chi connectivity index (χ4v) is 5.46. The van der Waals surface area contributed by atoms with Crippen LogP contribution in [-0.2, 0) is 33.6 Å². The molecule has 0 bridgehead atoms. The average Bonchev–Trinajstić information content (AvgIpc) is 3.46. The van der Waals surface area contributed by atoms with Crippen LogP contribution >= 0.6 is 11.3 Å². The van der Waals surface area contributed by atoms with E-state index in [-0.39, 0.29) is 30.2 Å². The van der Waals surface area contributed by atoms with Crippen LogP contribution in [0.3, 0.4) is 0 Å². The standard InChI is InChI=1S/C35H42N6O4S/c1-23(27-14-7-6-8-15-27)32(43)39-33-41-40-31(46-33)17-10-9-12-25-18-19-29(36-22-25)38-30(42)21-26-13-11-16-28(20-26)24(2)37-34(44)45-35(3,4)5/h6-8,11,13-16,18-20,22-24H,9-10,12,17,21H2,1-5H3,(H,37,44)(H,36,38,42)(H,39,41,43). The zero-order valence-corrected chi connectivity index (χ0v) is 27.8. The van der Waals surface area contributed by atoms with Gasteiger partial charge in [-0.15, -0.1) is 10.2 Å². The van der Waals surface area contributed by atoms with Gasteiger partial charge in [0.2, 0.25) is 16.9 Å². The first-order valence-corrected chi connectivity index (χ1v) is 16.3. The molecular weight excluding hydrogens is 600 g/mol. The van der Waals surface area contributed by atoms with Crippen molar-refractivity contribution in [1.82, 2.24) is 20.5 Å². The minimum atomic E-state index is -0.578. The Hall–Kier alpha value is -4.64. The van der Waals surface area contributed by atoms with Gasteiger partial charge in [0.05, 0.1) is 18.4 Å². The van der Waals surface area contributed by atoms with E-state index < -0.39 is 11.7 Å². The first-order valence-electron chi connectivity index (χ1n) is 15.5. The predicted molar refractivity (Wildman–Crippen MR) is 181 cm³/mol. The van der Waals surface area contributed by atoms with E-state index in [9.17, 15) is 14.4 Å². The highest BCUT2D eigenvalue weighted by molar-refractivity contribution is 7.15. The summed E-state index contributed by atoms with van der Waals surface area (Å²) in [6, 6.07) is 20.7. The summed E-state index contributed by atoms with van der Waals surface area (Å²) in [7, 11) is 0. The summed E-state index contributed by atoms with van der Waals surface area (Å²) in [4.78, 5) is 41.8. The fourth-order valence-electron chi connectivity index (χ4n) is 4.68. The number of anilines is 2. The van der Waals surface area contributed by atoms with E-state index in [1.807, 2.05) is 101 Å². The average molecular weight is 643 g/mol. The van der Waals surface area contributed by atoms with Crippen molar-refractivity contribution in [3.8, 4) is 0 Å². The van der Waals surface area contributed by atoms with Gasteiger partial charge in [-0.2, -0.15) is 0 Å². The molecule has 3 N–H and O–H groups in total. The number of nitrogens with zero attached hydrogens (tertiary/aromatic N) is 3. The highest BCUT2D eigenvalue weighted by atomic mass is 32.1. The lowest BCUT2D eigenvalue weighted by atomic mass is 10.0. The quantitative estimate of drug-likeness (QED) is 0.134. The number of unbranched alkanes of at least 4 members (excludes halogenated alkanes) is 1. The molecule has 0 radical (unpaired) electrons. The lowest BCUT2D eigenvalue weighted by Gasteiger charge is -2.22. The van der Waals surface area contributed by atoms with Crippen molar-refractivity contribution < 1.29 is 19.1 Å². The SMILES string of the molecule is CC(NC(=O)OC(C)(C)C)c1cccc(CC(=O)Nc2ccc(CCCCc3nnc(NC(=O)C(C)c4ccccc4)s3)cn2)c1. The van der Waals surface area contributed by atoms with Crippen LogP contribution in [0.15, 0.2) is 72.9 Å². The minimum Gasteiger partial charge on any atom is -0.444 e. The molecule has 0 aliphatic rings. The molecule has 4 aromatic rings. The second-order valence-electron chi connectivity index (χ2n) is 12.2. The van der Waals surface area contributed by atoms with Gasteiger partial charge in [0.15, 0.2) is 0 Å². The van der Waals surface area contributed by atoms with Crippen molar-refractivity contribution in [2.75, 3.05) is 10.6 Å². The van der Waals surface area contributed by atoms with E-state index in [0.717, 1.165) is 52.9 Å². The van der Waals surface area contributed by atoms with Gasteiger partial charge < -0.3 is 20.7 Å². The second kappa shape index (κ2) is 16.1. The molecule has 2 aromatic carbocycles. The third-order valence-electron chi connectivity index (χ3n) is 7.14. The van der Waals surface area contributed by atoms with Crippen LogP contribution < -0.4 is 16.0 Å². The van der Waals surface area contributed by atoms with Gasteiger partial charge in [-0.1, -0.05) is 72.0 Å². The van der Waals surface area contributed by atoms with Crippen LogP contribution in [0.25, 0.3) is 0 Å². The van der Waals surface area contributed by atoms with Crippen molar-refractivity contribution in [1.29, 1.82) is 0 Å². The molecular formula is C35H42N6O4S. The monoisotopic (exact) mass is 642 g/mol. The molecule has 2 unspecified atom stereocenters. The number of benzene rings is 2. The summed E-state index contributed by atoms with van der Waals surface area (Å²) in [6.07, 6.45) is 4.97. The maximum absolute atomic E-state index is 12.7. The lowest BCUT2D eigenvalue weighted by molar-refractivity contribution is -0.117.